The molecule has 0 aliphatic heterocycles. The van der Waals surface area contributed by atoms with Gasteiger partial charge < -0.3 is 15.2 Å². The fraction of sp³-hybridized carbons (Fsp3) is 0.118. The second-order valence-corrected chi connectivity index (χ2v) is 5.28. The number of aromatic nitrogens is 3. The van der Waals surface area contributed by atoms with Crippen LogP contribution >= 0.6 is 0 Å². The number of H-pyrrole nitrogens is 1. The van der Waals surface area contributed by atoms with Crippen LogP contribution in [0.5, 0.6) is 0 Å². The van der Waals surface area contributed by atoms with E-state index in [1.165, 1.54) is 6.20 Å². The van der Waals surface area contributed by atoms with Crippen LogP contribution < -0.4 is 10.6 Å². The van der Waals surface area contributed by atoms with Gasteiger partial charge in [0, 0.05) is 19.3 Å². The highest BCUT2D eigenvalue weighted by atomic mass is 16.2. The average Bonchev–Trinajstić information content (AvgIpc) is 3.24. The molecule has 0 radical (unpaired) electrons. The molecule has 2 amide bonds. The Morgan fingerprint density at radius 3 is 2.54 bits per heavy atom. The third-order valence-electron chi connectivity index (χ3n) is 3.61. The lowest BCUT2D eigenvalue weighted by molar-refractivity contribution is -0.118. The topological polar surface area (TPSA) is 91.8 Å². The van der Waals surface area contributed by atoms with E-state index in [2.05, 4.69) is 20.8 Å². The lowest BCUT2D eigenvalue weighted by Gasteiger charge is -2.18. The van der Waals surface area contributed by atoms with Crippen LogP contribution in [0.4, 0.5) is 5.82 Å². The first-order valence-electron chi connectivity index (χ1n) is 7.42. The van der Waals surface area contributed by atoms with E-state index in [0.717, 1.165) is 0 Å². The van der Waals surface area contributed by atoms with Gasteiger partial charge in [-0.1, -0.05) is 30.3 Å². The van der Waals surface area contributed by atoms with Crippen molar-refractivity contribution < 1.29 is 9.59 Å². The van der Waals surface area contributed by atoms with Crippen LogP contribution in [0.2, 0.25) is 0 Å². The lowest BCUT2D eigenvalue weighted by atomic mass is 10.1. The number of anilines is 1. The third-order valence-corrected chi connectivity index (χ3v) is 3.61. The molecule has 122 valence electrons. The van der Waals surface area contributed by atoms with Crippen molar-refractivity contribution >= 4 is 17.6 Å². The number of amides is 2. The molecule has 3 N–H and O–H groups in total. The standard InChI is InChI=1S/C17H17N5O2/c1-22-11-5-8-13(22)16(23)20-15(12-6-3-2-4-7-12)17(24)19-14-9-10-18-21-14/h2-11,15H,1H3,(H,20,23)(H2,18,19,21,24). The van der Waals surface area contributed by atoms with Crippen molar-refractivity contribution in [3.05, 3.63) is 72.2 Å². The number of aryl methyl sites for hydroxylation is 1. The molecule has 0 aliphatic rings. The van der Waals surface area contributed by atoms with Crippen molar-refractivity contribution in [3.63, 3.8) is 0 Å². The molecule has 3 rings (SSSR count). The number of hydrogen-bond donors (Lipinski definition) is 3. The Morgan fingerprint density at radius 2 is 1.92 bits per heavy atom. The largest absolute Gasteiger partial charge is 0.347 e. The van der Waals surface area contributed by atoms with E-state index in [9.17, 15) is 9.59 Å². The zero-order valence-corrected chi connectivity index (χ0v) is 13.1. The fourth-order valence-electron chi connectivity index (χ4n) is 2.38. The van der Waals surface area contributed by atoms with Gasteiger partial charge in [0.15, 0.2) is 0 Å². The van der Waals surface area contributed by atoms with Gasteiger partial charge in [-0.15, -0.1) is 0 Å². The molecule has 7 nitrogen and oxygen atoms in total. The molecule has 1 unspecified atom stereocenters. The van der Waals surface area contributed by atoms with Gasteiger partial charge >= 0.3 is 0 Å². The second-order valence-electron chi connectivity index (χ2n) is 5.28. The number of carbonyl (C=O) groups excluding carboxylic acids is 2. The molecule has 0 bridgehead atoms. The predicted molar refractivity (Wildman–Crippen MR) is 89.3 cm³/mol. The van der Waals surface area contributed by atoms with Crippen molar-refractivity contribution in [3.8, 4) is 0 Å². The van der Waals surface area contributed by atoms with Crippen LogP contribution in [-0.2, 0) is 11.8 Å². The van der Waals surface area contributed by atoms with Gasteiger partial charge in [0.05, 0.1) is 6.20 Å². The number of benzene rings is 1. The summed E-state index contributed by atoms with van der Waals surface area (Å²) in [4.78, 5) is 25.1. The summed E-state index contributed by atoms with van der Waals surface area (Å²) >= 11 is 0. The Morgan fingerprint density at radius 1 is 1.12 bits per heavy atom. The maximum Gasteiger partial charge on any atom is 0.268 e. The summed E-state index contributed by atoms with van der Waals surface area (Å²) in [6, 6.07) is 13.4. The summed E-state index contributed by atoms with van der Waals surface area (Å²) in [7, 11) is 1.77. The van der Waals surface area contributed by atoms with Crippen LogP contribution in [-0.4, -0.2) is 26.6 Å². The highest BCUT2D eigenvalue weighted by molar-refractivity contribution is 6.00. The fourth-order valence-corrected chi connectivity index (χ4v) is 2.38. The van der Waals surface area contributed by atoms with Crippen molar-refractivity contribution in [2.24, 2.45) is 7.05 Å². The summed E-state index contributed by atoms with van der Waals surface area (Å²) in [5.74, 6) is -0.210. The molecule has 7 heteroatoms. The molecule has 0 fully saturated rings. The van der Waals surface area contributed by atoms with Gasteiger partial charge in [-0.05, 0) is 17.7 Å². The van der Waals surface area contributed by atoms with Crippen LogP contribution in [0.15, 0.2) is 60.9 Å². The molecule has 2 heterocycles. The minimum absolute atomic E-state index is 0.323. The van der Waals surface area contributed by atoms with Crippen LogP contribution in [0.3, 0.4) is 0 Å². The van der Waals surface area contributed by atoms with Crippen molar-refractivity contribution in [1.29, 1.82) is 0 Å². The average molecular weight is 323 g/mol. The summed E-state index contributed by atoms with van der Waals surface area (Å²) in [5, 5.41) is 11.9. The van der Waals surface area contributed by atoms with Crippen molar-refractivity contribution in [1.82, 2.24) is 20.1 Å². The Balaban J connectivity index is 1.84. The number of hydrogen-bond acceptors (Lipinski definition) is 3. The summed E-state index contributed by atoms with van der Waals surface area (Å²) in [5.41, 5.74) is 1.17. The van der Waals surface area contributed by atoms with Gasteiger partial charge in [0.1, 0.15) is 17.6 Å². The molecule has 3 aromatic rings. The first-order chi connectivity index (χ1) is 11.6. The molecular weight excluding hydrogens is 306 g/mol. The molecule has 0 spiro atoms. The minimum atomic E-state index is -0.822. The first kappa shape index (κ1) is 15.5. The normalized spacial score (nSPS) is 11.7. The molecule has 1 aromatic carbocycles. The zero-order valence-electron chi connectivity index (χ0n) is 13.1. The Labute approximate surface area is 138 Å². The number of carbonyl (C=O) groups is 2. The quantitative estimate of drug-likeness (QED) is 0.669. The molecule has 2 aromatic heterocycles. The molecule has 0 aliphatic carbocycles. The lowest BCUT2D eigenvalue weighted by Crippen LogP contribution is -2.37. The van der Waals surface area contributed by atoms with Gasteiger partial charge in [0.25, 0.3) is 11.8 Å². The number of aromatic amines is 1. The van der Waals surface area contributed by atoms with Crippen molar-refractivity contribution in [2.75, 3.05) is 5.32 Å². The van der Waals surface area contributed by atoms with Crippen LogP contribution in [0.25, 0.3) is 0 Å². The first-order valence-corrected chi connectivity index (χ1v) is 7.42. The van der Waals surface area contributed by atoms with E-state index in [1.807, 2.05) is 18.2 Å². The zero-order chi connectivity index (χ0) is 16.9. The number of nitrogens with one attached hydrogen (secondary N) is 3. The van der Waals surface area contributed by atoms with E-state index >= 15 is 0 Å². The van der Waals surface area contributed by atoms with Gasteiger partial charge in [-0.2, -0.15) is 5.10 Å². The third kappa shape index (κ3) is 3.35. The maximum atomic E-state index is 12.6. The number of rotatable bonds is 5. The van der Waals surface area contributed by atoms with E-state index in [4.69, 9.17) is 0 Å². The molecule has 1 atom stereocenters. The minimum Gasteiger partial charge on any atom is -0.347 e. The Kier molecular flexibility index (Phi) is 4.42. The molecule has 0 saturated heterocycles. The molecular formula is C17H17N5O2. The van der Waals surface area contributed by atoms with Crippen LogP contribution in [0.1, 0.15) is 22.1 Å². The SMILES string of the molecule is Cn1cccc1C(=O)NC(C(=O)Nc1ccn[nH]1)c1ccccc1. The predicted octanol–water partition coefficient (Wildman–Crippen LogP) is 1.86. The summed E-state index contributed by atoms with van der Waals surface area (Å²) in [6.45, 7) is 0. The van der Waals surface area contributed by atoms with Crippen molar-refractivity contribution in [2.45, 2.75) is 6.04 Å². The smallest absolute Gasteiger partial charge is 0.268 e. The maximum absolute atomic E-state index is 12.6. The van der Waals surface area contributed by atoms with E-state index in [0.29, 0.717) is 17.1 Å². The Bertz CT molecular complexity index is 824. The van der Waals surface area contributed by atoms with Gasteiger partial charge in [0.2, 0.25) is 0 Å². The van der Waals surface area contributed by atoms with Gasteiger partial charge in [-0.3, -0.25) is 14.7 Å². The van der Waals surface area contributed by atoms with Gasteiger partial charge in [-0.25, -0.2) is 0 Å². The van der Waals surface area contributed by atoms with Crippen LogP contribution in [0, 0.1) is 0 Å². The summed E-state index contributed by atoms with van der Waals surface area (Å²) in [6.07, 6.45) is 3.31. The molecule has 0 saturated carbocycles. The molecule has 24 heavy (non-hydrogen) atoms. The highest BCUT2D eigenvalue weighted by Crippen LogP contribution is 2.16. The van der Waals surface area contributed by atoms with E-state index in [1.54, 1.807) is 48.1 Å². The van der Waals surface area contributed by atoms with E-state index < -0.39 is 6.04 Å². The summed E-state index contributed by atoms with van der Waals surface area (Å²) < 4.78 is 1.70. The Hall–Kier alpha value is -3.35. The monoisotopic (exact) mass is 323 g/mol. The number of nitrogens with zero attached hydrogens (tertiary/aromatic N) is 2. The van der Waals surface area contributed by atoms with E-state index in [-0.39, 0.29) is 11.8 Å². The second kappa shape index (κ2) is 6.82. The highest BCUT2D eigenvalue weighted by Gasteiger charge is 2.24.